The molecule has 2 aromatic carbocycles. The molecule has 3 nitrogen and oxygen atoms in total. The number of aliphatic hydroxyl groups is 1. The maximum atomic E-state index is 11.1. The van der Waals surface area contributed by atoms with E-state index in [0.717, 1.165) is 11.1 Å². The SMILES string of the molecule is COC(c1ccccc1)(c1ccccc1)[C@H](O)C=O. The van der Waals surface area contributed by atoms with Gasteiger partial charge < -0.3 is 14.6 Å². The molecule has 0 unspecified atom stereocenters. The first-order valence-corrected chi connectivity index (χ1v) is 6.05. The Morgan fingerprint density at radius 2 is 1.42 bits per heavy atom. The fraction of sp³-hybridized carbons (Fsp3) is 0.188. The predicted octanol–water partition coefficient (Wildman–Crippen LogP) is 2.14. The van der Waals surface area contributed by atoms with Crippen molar-refractivity contribution < 1.29 is 14.6 Å². The number of aldehydes is 1. The number of aliphatic hydroxyl groups excluding tert-OH is 1. The topological polar surface area (TPSA) is 46.5 Å². The minimum absolute atomic E-state index is 0.503. The highest BCUT2D eigenvalue weighted by atomic mass is 16.5. The summed E-state index contributed by atoms with van der Waals surface area (Å²) in [7, 11) is 1.49. The van der Waals surface area contributed by atoms with Crippen LogP contribution < -0.4 is 0 Å². The summed E-state index contributed by atoms with van der Waals surface area (Å²) in [6.45, 7) is 0. The zero-order valence-electron chi connectivity index (χ0n) is 10.7. The van der Waals surface area contributed by atoms with Gasteiger partial charge in [-0.15, -0.1) is 0 Å². The zero-order chi connectivity index (χ0) is 13.7. The van der Waals surface area contributed by atoms with Gasteiger partial charge in [0.1, 0.15) is 6.10 Å². The molecule has 0 amide bonds. The molecule has 0 aromatic heterocycles. The molecule has 0 aliphatic carbocycles. The van der Waals surface area contributed by atoms with Crippen molar-refractivity contribution >= 4 is 6.29 Å². The van der Waals surface area contributed by atoms with Gasteiger partial charge in [-0.1, -0.05) is 60.7 Å². The Morgan fingerprint density at radius 3 is 1.74 bits per heavy atom. The van der Waals surface area contributed by atoms with Gasteiger partial charge in [-0.25, -0.2) is 0 Å². The first-order valence-electron chi connectivity index (χ1n) is 6.05. The largest absolute Gasteiger partial charge is 0.382 e. The van der Waals surface area contributed by atoms with Crippen LogP contribution >= 0.6 is 0 Å². The van der Waals surface area contributed by atoms with Crippen molar-refractivity contribution in [1.82, 2.24) is 0 Å². The molecule has 0 bridgehead atoms. The first-order chi connectivity index (χ1) is 9.25. The lowest BCUT2D eigenvalue weighted by Crippen LogP contribution is -2.43. The maximum absolute atomic E-state index is 11.1. The molecule has 98 valence electrons. The minimum atomic E-state index is -1.28. The van der Waals surface area contributed by atoms with E-state index in [-0.39, 0.29) is 0 Å². The number of benzene rings is 2. The molecule has 3 heteroatoms. The summed E-state index contributed by atoms with van der Waals surface area (Å²) in [6, 6.07) is 18.5. The molecule has 0 aliphatic heterocycles. The lowest BCUT2D eigenvalue weighted by molar-refractivity contribution is -0.131. The summed E-state index contributed by atoms with van der Waals surface area (Å²) in [5.74, 6) is 0. The van der Waals surface area contributed by atoms with E-state index in [1.165, 1.54) is 7.11 Å². The molecule has 0 saturated carbocycles. The molecule has 0 saturated heterocycles. The third-order valence-corrected chi connectivity index (χ3v) is 3.27. The Morgan fingerprint density at radius 1 is 1.00 bits per heavy atom. The number of hydrogen-bond donors (Lipinski definition) is 1. The van der Waals surface area contributed by atoms with Gasteiger partial charge in [0.25, 0.3) is 0 Å². The molecule has 0 fully saturated rings. The quantitative estimate of drug-likeness (QED) is 0.834. The van der Waals surface area contributed by atoms with Crippen LogP contribution in [0.4, 0.5) is 0 Å². The second kappa shape index (κ2) is 5.78. The van der Waals surface area contributed by atoms with Crippen molar-refractivity contribution in [2.75, 3.05) is 7.11 Å². The number of methoxy groups -OCH3 is 1. The number of ether oxygens (including phenoxy) is 1. The van der Waals surface area contributed by atoms with Crippen LogP contribution in [-0.4, -0.2) is 24.6 Å². The third kappa shape index (κ3) is 2.30. The van der Waals surface area contributed by atoms with Crippen LogP contribution in [0.3, 0.4) is 0 Å². The van der Waals surface area contributed by atoms with Crippen molar-refractivity contribution in [2.45, 2.75) is 11.7 Å². The van der Waals surface area contributed by atoms with Gasteiger partial charge in [-0.2, -0.15) is 0 Å². The van der Waals surface area contributed by atoms with E-state index in [9.17, 15) is 9.90 Å². The van der Waals surface area contributed by atoms with Crippen LogP contribution in [0.2, 0.25) is 0 Å². The van der Waals surface area contributed by atoms with Crippen LogP contribution in [0.5, 0.6) is 0 Å². The number of carbonyl (C=O) groups is 1. The second-order valence-corrected chi connectivity index (χ2v) is 4.25. The number of rotatable bonds is 5. The van der Waals surface area contributed by atoms with Crippen molar-refractivity contribution in [3.8, 4) is 0 Å². The van der Waals surface area contributed by atoms with Crippen molar-refractivity contribution in [2.24, 2.45) is 0 Å². The second-order valence-electron chi connectivity index (χ2n) is 4.25. The number of hydrogen-bond acceptors (Lipinski definition) is 3. The molecule has 0 spiro atoms. The van der Waals surface area contributed by atoms with E-state index in [2.05, 4.69) is 0 Å². The summed E-state index contributed by atoms with van der Waals surface area (Å²) in [5, 5.41) is 10.2. The highest BCUT2D eigenvalue weighted by Crippen LogP contribution is 2.35. The lowest BCUT2D eigenvalue weighted by atomic mass is 9.82. The maximum Gasteiger partial charge on any atom is 0.152 e. The summed E-state index contributed by atoms with van der Waals surface area (Å²) >= 11 is 0. The van der Waals surface area contributed by atoms with E-state index in [4.69, 9.17) is 4.74 Å². The highest BCUT2D eigenvalue weighted by molar-refractivity contribution is 5.62. The molecule has 2 aromatic rings. The van der Waals surface area contributed by atoms with Gasteiger partial charge in [-0.3, -0.25) is 0 Å². The summed E-state index contributed by atoms with van der Waals surface area (Å²) < 4.78 is 5.58. The van der Waals surface area contributed by atoms with Crippen LogP contribution in [-0.2, 0) is 15.1 Å². The van der Waals surface area contributed by atoms with Crippen molar-refractivity contribution in [3.05, 3.63) is 71.8 Å². The summed E-state index contributed by atoms with van der Waals surface area (Å²) in [5.41, 5.74) is 0.302. The standard InChI is InChI=1S/C16H16O3/c1-19-16(15(18)12-17,13-8-4-2-5-9-13)14-10-6-3-7-11-14/h2-12,15,18H,1H3/t15-/m1/s1. The molecule has 19 heavy (non-hydrogen) atoms. The monoisotopic (exact) mass is 256 g/mol. The van der Waals surface area contributed by atoms with E-state index in [1.807, 2.05) is 60.7 Å². The molecule has 0 heterocycles. The minimum Gasteiger partial charge on any atom is -0.382 e. The lowest BCUT2D eigenvalue weighted by Gasteiger charge is -2.35. The van der Waals surface area contributed by atoms with Gasteiger partial charge in [-0.05, 0) is 11.1 Å². The molecular formula is C16H16O3. The van der Waals surface area contributed by atoms with Crippen LogP contribution in [0.25, 0.3) is 0 Å². The molecule has 0 aliphatic rings. The van der Waals surface area contributed by atoms with Crippen LogP contribution in [0, 0.1) is 0 Å². The van der Waals surface area contributed by atoms with E-state index in [0.29, 0.717) is 6.29 Å². The molecule has 2 rings (SSSR count). The van der Waals surface area contributed by atoms with E-state index < -0.39 is 11.7 Å². The molecule has 0 radical (unpaired) electrons. The molecule has 1 atom stereocenters. The van der Waals surface area contributed by atoms with Gasteiger partial charge in [0, 0.05) is 7.11 Å². The van der Waals surface area contributed by atoms with Gasteiger partial charge in [0.2, 0.25) is 0 Å². The fourth-order valence-electron chi connectivity index (χ4n) is 2.33. The van der Waals surface area contributed by atoms with Crippen molar-refractivity contribution in [3.63, 3.8) is 0 Å². The summed E-state index contributed by atoms with van der Waals surface area (Å²) in [6.07, 6.45) is -0.772. The fourth-order valence-corrected chi connectivity index (χ4v) is 2.33. The third-order valence-electron chi connectivity index (χ3n) is 3.27. The normalized spacial score (nSPS) is 12.9. The zero-order valence-corrected chi connectivity index (χ0v) is 10.7. The Balaban J connectivity index is 2.65. The molecule has 1 N–H and O–H groups in total. The van der Waals surface area contributed by atoms with Gasteiger partial charge in [0.15, 0.2) is 11.9 Å². The van der Waals surface area contributed by atoms with Crippen LogP contribution in [0.1, 0.15) is 11.1 Å². The summed E-state index contributed by atoms with van der Waals surface area (Å²) in [4.78, 5) is 11.1. The van der Waals surface area contributed by atoms with Crippen molar-refractivity contribution in [1.29, 1.82) is 0 Å². The Bertz CT molecular complexity index is 483. The Hall–Kier alpha value is -1.97. The van der Waals surface area contributed by atoms with Crippen LogP contribution in [0.15, 0.2) is 60.7 Å². The number of carbonyl (C=O) groups excluding carboxylic acids is 1. The molecular weight excluding hydrogens is 240 g/mol. The smallest absolute Gasteiger partial charge is 0.152 e. The van der Waals surface area contributed by atoms with Gasteiger partial charge in [0.05, 0.1) is 0 Å². The van der Waals surface area contributed by atoms with Gasteiger partial charge >= 0.3 is 0 Å². The van der Waals surface area contributed by atoms with E-state index in [1.54, 1.807) is 0 Å². The Kier molecular flexibility index (Phi) is 4.10. The highest BCUT2D eigenvalue weighted by Gasteiger charge is 2.41. The van der Waals surface area contributed by atoms with E-state index >= 15 is 0 Å². The predicted molar refractivity (Wildman–Crippen MR) is 72.7 cm³/mol. The Labute approximate surface area is 112 Å². The first kappa shape index (κ1) is 13.5. The average Bonchev–Trinajstić information content (AvgIpc) is 2.50. The average molecular weight is 256 g/mol.